The van der Waals surface area contributed by atoms with E-state index in [1.807, 2.05) is 32.0 Å². The Morgan fingerprint density at radius 3 is 2.45 bits per heavy atom. The van der Waals surface area contributed by atoms with Crippen molar-refractivity contribution in [2.45, 2.75) is 19.9 Å². The highest BCUT2D eigenvalue weighted by molar-refractivity contribution is 5.93. The number of aliphatic hydroxyl groups is 1. The molecular formula is C24H33N3O4. The summed E-state index contributed by atoms with van der Waals surface area (Å²) in [5, 5.41) is 13.4. The fraction of sp³-hybridized carbons (Fsp3) is 0.458. The number of nitrogens with one attached hydrogen (secondary N) is 1. The molecule has 1 fully saturated rings. The van der Waals surface area contributed by atoms with E-state index in [4.69, 9.17) is 20.4 Å². The van der Waals surface area contributed by atoms with Crippen LogP contribution in [0.1, 0.15) is 22.1 Å². The van der Waals surface area contributed by atoms with Crippen LogP contribution >= 0.6 is 0 Å². The average Bonchev–Trinajstić information content (AvgIpc) is 2.84. The Balaban J connectivity index is 1.63. The number of β-amino-alcohol motifs (C(OH)–C–C–N with tert-alkyl or cyclic N) is 1. The summed E-state index contributed by atoms with van der Waals surface area (Å²) in [6.45, 7) is -2.50. The topological polar surface area (TPSA) is 74.3 Å². The lowest BCUT2D eigenvalue weighted by Crippen LogP contribution is -2.50. The van der Waals surface area contributed by atoms with Gasteiger partial charge in [0.25, 0.3) is 0 Å². The van der Waals surface area contributed by atoms with Gasteiger partial charge in [0.05, 0.1) is 21.8 Å². The Bertz CT molecular complexity index is 1150. The molecule has 1 saturated heterocycles. The largest absolute Gasteiger partial charge is 0.493 e. The molecule has 2 aromatic carbocycles. The van der Waals surface area contributed by atoms with E-state index in [2.05, 4.69) is 5.32 Å². The number of para-hydroxylation sites is 3. The first-order valence-corrected chi connectivity index (χ1v) is 9.97. The highest BCUT2D eigenvalue weighted by Crippen LogP contribution is 2.25. The van der Waals surface area contributed by atoms with Crippen molar-refractivity contribution in [1.82, 2.24) is 9.80 Å². The van der Waals surface area contributed by atoms with Crippen molar-refractivity contribution in [3.8, 4) is 11.5 Å². The van der Waals surface area contributed by atoms with Gasteiger partial charge in [0.15, 0.2) is 11.5 Å². The molecule has 0 saturated carbocycles. The molecule has 1 aliphatic rings. The molecule has 1 amide bonds. The van der Waals surface area contributed by atoms with E-state index >= 15 is 0 Å². The van der Waals surface area contributed by atoms with Gasteiger partial charge >= 0.3 is 0 Å². The number of anilines is 1. The molecule has 1 atom stereocenters. The van der Waals surface area contributed by atoms with Gasteiger partial charge in [0, 0.05) is 41.1 Å². The van der Waals surface area contributed by atoms with Crippen molar-refractivity contribution in [3.63, 3.8) is 0 Å². The summed E-state index contributed by atoms with van der Waals surface area (Å²) >= 11 is 0. The fourth-order valence-electron chi connectivity index (χ4n) is 3.24. The molecule has 0 aromatic heterocycles. The van der Waals surface area contributed by atoms with Crippen molar-refractivity contribution >= 4 is 11.6 Å². The van der Waals surface area contributed by atoms with Crippen LogP contribution in [0.3, 0.4) is 0 Å². The summed E-state index contributed by atoms with van der Waals surface area (Å²) in [5.74, 6) is -1.08. The second kappa shape index (κ2) is 11.1. The number of hydrogen-bond donors (Lipinski definition) is 2. The molecule has 1 unspecified atom stereocenters. The Morgan fingerprint density at radius 1 is 1.13 bits per heavy atom. The average molecular weight is 436 g/mol. The number of ether oxygens (including phenoxy) is 2. The highest BCUT2D eigenvalue weighted by Gasteiger charge is 2.21. The molecule has 7 nitrogen and oxygen atoms in total. The van der Waals surface area contributed by atoms with Gasteiger partial charge in [0.2, 0.25) is 5.91 Å². The lowest BCUT2D eigenvalue weighted by Gasteiger charge is -2.35. The third-order valence-electron chi connectivity index (χ3n) is 4.87. The van der Waals surface area contributed by atoms with Gasteiger partial charge in [-0.3, -0.25) is 14.6 Å². The fourth-order valence-corrected chi connectivity index (χ4v) is 3.24. The summed E-state index contributed by atoms with van der Waals surface area (Å²) in [7, 11) is -2.76. The first-order chi connectivity index (χ1) is 18.0. The van der Waals surface area contributed by atoms with Crippen LogP contribution in [-0.4, -0.2) is 79.7 Å². The molecule has 2 N–H and O–H groups in total. The smallest absolute Gasteiger partial charge is 0.238 e. The zero-order valence-electron chi connectivity index (χ0n) is 25.6. The normalized spacial score (nSPS) is 22.2. The molecule has 1 aliphatic heterocycles. The van der Waals surface area contributed by atoms with Crippen molar-refractivity contribution in [2.75, 3.05) is 58.1 Å². The minimum absolute atomic E-state index is 0.0428. The molecule has 0 aliphatic carbocycles. The van der Waals surface area contributed by atoms with Gasteiger partial charge in [-0.05, 0) is 37.1 Å². The zero-order valence-corrected chi connectivity index (χ0v) is 17.6. The van der Waals surface area contributed by atoms with E-state index in [0.29, 0.717) is 5.69 Å². The Morgan fingerprint density at radius 2 is 1.77 bits per heavy atom. The zero-order chi connectivity index (χ0) is 29.2. The first kappa shape index (κ1) is 14.5. The lowest BCUT2D eigenvalue weighted by molar-refractivity contribution is -0.117. The summed E-state index contributed by atoms with van der Waals surface area (Å²) in [6, 6.07) is 11.2. The lowest BCUT2D eigenvalue weighted by atomic mass is 10.1. The number of hydrogen-bond acceptors (Lipinski definition) is 6. The van der Waals surface area contributed by atoms with Crippen LogP contribution in [0, 0.1) is 13.8 Å². The number of carbonyl (C=O) groups is 1. The molecule has 31 heavy (non-hydrogen) atoms. The van der Waals surface area contributed by atoms with E-state index in [1.165, 1.54) is 34.1 Å². The number of amides is 1. The molecule has 7 heteroatoms. The number of aryl methyl sites for hydroxylation is 2. The van der Waals surface area contributed by atoms with Gasteiger partial charge in [-0.15, -0.1) is 0 Å². The van der Waals surface area contributed by atoms with Crippen LogP contribution in [-0.2, 0) is 4.79 Å². The van der Waals surface area contributed by atoms with Crippen LogP contribution in [0.5, 0.6) is 11.5 Å². The number of rotatable bonds is 9. The summed E-state index contributed by atoms with van der Waals surface area (Å²) in [5.41, 5.74) is 2.12. The summed E-state index contributed by atoms with van der Waals surface area (Å²) in [6.07, 6.45) is -2.79. The minimum atomic E-state index is -2.79. The van der Waals surface area contributed by atoms with E-state index < -0.39 is 38.6 Å². The maximum absolute atomic E-state index is 12.9. The molecule has 2 aromatic rings. The number of piperazine rings is 1. The van der Waals surface area contributed by atoms with Crippen molar-refractivity contribution in [3.05, 3.63) is 53.6 Å². The second-order valence-electron chi connectivity index (χ2n) is 7.20. The predicted molar refractivity (Wildman–Crippen MR) is 122 cm³/mol. The SMILES string of the molecule is [2H]C([2H])([2H])Oc1ccccc1OCC([2H])(O)C([2H])([2H])N1CCN(C([2H])([2H])C(=O)Nc2c(C)cccc2C)CC1. The number of carbonyl (C=O) groups excluding carboxylic acids is 1. The van der Waals surface area contributed by atoms with Gasteiger partial charge in [-0.1, -0.05) is 30.3 Å². The molecule has 0 spiro atoms. The highest BCUT2D eigenvalue weighted by atomic mass is 16.5. The maximum atomic E-state index is 12.9. The van der Waals surface area contributed by atoms with Gasteiger partial charge in [-0.2, -0.15) is 0 Å². The molecule has 0 radical (unpaired) electrons. The van der Waals surface area contributed by atoms with Crippen LogP contribution in [0.15, 0.2) is 42.5 Å². The van der Waals surface area contributed by atoms with E-state index in [-0.39, 0.29) is 37.7 Å². The standard InChI is InChI=1S/C24H33N3O4/c1-18-7-6-8-19(2)24(18)25-23(29)16-27-13-11-26(12-14-27)15-20(28)17-31-22-10-5-4-9-21(22)30-3/h4-10,20,28H,11-17H2,1-3H3,(H,25,29)/i3D3,15D2,16D2,20D. The molecule has 1 heterocycles. The van der Waals surface area contributed by atoms with Crippen LogP contribution in [0.2, 0.25) is 0 Å². The Labute approximate surface area is 195 Å². The third kappa shape index (κ3) is 6.69. The molecule has 0 bridgehead atoms. The monoisotopic (exact) mass is 435 g/mol. The van der Waals surface area contributed by atoms with E-state index in [9.17, 15) is 9.90 Å². The quantitative estimate of drug-likeness (QED) is 0.630. The van der Waals surface area contributed by atoms with Crippen LogP contribution in [0.4, 0.5) is 5.69 Å². The summed E-state index contributed by atoms with van der Waals surface area (Å²) < 4.78 is 74.1. The number of benzene rings is 2. The van der Waals surface area contributed by atoms with Crippen molar-refractivity contribution in [2.24, 2.45) is 0 Å². The Kier molecular flexibility index (Phi) is 5.19. The Hall–Kier alpha value is -2.61. The van der Waals surface area contributed by atoms with Crippen LogP contribution in [0.25, 0.3) is 0 Å². The van der Waals surface area contributed by atoms with E-state index in [1.54, 1.807) is 0 Å². The van der Waals surface area contributed by atoms with Crippen LogP contribution < -0.4 is 14.8 Å². The van der Waals surface area contributed by atoms with Gasteiger partial charge in [-0.25, -0.2) is 0 Å². The molecule has 3 rings (SSSR count). The molecule has 168 valence electrons. The molecular weight excluding hydrogens is 394 g/mol. The summed E-state index contributed by atoms with van der Waals surface area (Å²) in [4.78, 5) is 15.3. The number of nitrogens with zero attached hydrogens (tertiary/aromatic N) is 2. The van der Waals surface area contributed by atoms with Crippen molar-refractivity contribution in [1.29, 1.82) is 0 Å². The third-order valence-corrected chi connectivity index (χ3v) is 4.87. The first-order valence-electron chi connectivity index (χ1n) is 14.0. The van der Waals surface area contributed by atoms with E-state index in [0.717, 1.165) is 11.1 Å². The van der Waals surface area contributed by atoms with Gasteiger partial charge in [0.1, 0.15) is 12.7 Å². The second-order valence-corrected chi connectivity index (χ2v) is 7.20. The van der Waals surface area contributed by atoms with Gasteiger partial charge < -0.3 is 19.9 Å². The maximum Gasteiger partial charge on any atom is 0.238 e. The predicted octanol–water partition coefficient (Wildman–Crippen LogP) is 2.31. The van der Waals surface area contributed by atoms with Crippen molar-refractivity contribution < 1.29 is 30.3 Å². The minimum Gasteiger partial charge on any atom is -0.493 e. The number of methoxy groups -OCH3 is 1.